The van der Waals surface area contributed by atoms with Gasteiger partial charge in [-0.15, -0.1) is 0 Å². The molecule has 2 heteroatoms. The lowest BCUT2D eigenvalue weighted by molar-refractivity contribution is 0.161. The average Bonchev–Trinajstić information content (AvgIpc) is 2.94. The number of hydrogen-bond acceptors (Lipinski definition) is 2. The third kappa shape index (κ3) is 4.10. The van der Waals surface area contributed by atoms with E-state index in [1.807, 2.05) is 0 Å². The van der Waals surface area contributed by atoms with Gasteiger partial charge in [-0.3, -0.25) is 0 Å². The number of rotatable bonds is 7. The van der Waals surface area contributed by atoms with Crippen molar-refractivity contribution in [1.29, 1.82) is 0 Å². The number of methoxy groups -OCH3 is 1. The molecule has 0 aliphatic heterocycles. The first-order chi connectivity index (χ1) is 6.27. The summed E-state index contributed by atoms with van der Waals surface area (Å²) in [4.78, 5) is 0. The normalized spacial score (nSPS) is 21.5. The molecule has 0 aromatic heterocycles. The Hall–Kier alpha value is -0.0800. The summed E-state index contributed by atoms with van der Waals surface area (Å²) < 4.78 is 5.14. The summed E-state index contributed by atoms with van der Waals surface area (Å²) in [7, 11) is 1.77. The Morgan fingerprint density at radius 1 is 1.46 bits per heavy atom. The van der Waals surface area contributed by atoms with Gasteiger partial charge < -0.3 is 10.1 Å². The molecule has 1 N–H and O–H groups in total. The minimum absolute atomic E-state index is 0.547. The van der Waals surface area contributed by atoms with Gasteiger partial charge in [0.1, 0.15) is 0 Å². The summed E-state index contributed by atoms with van der Waals surface area (Å²) in [5.74, 6) is 1.86. The lowest BCUT2D eigenvalue weighted by atomic mass is 10.1. The molecule has 1 rings (SSSR count). The van der Waals surface area contributed by atoms with Crippen molar-refractivity contribution in [3.8, 4) is 0 Å². The highest BCUT2D eigenvalue weighted by molar-refractivity contribution is 4.80. The highest BCUT2D eigenvalue weighted by Gasteiger charge is 2.27. The van der Waals surface area contributed by atoms with E-state index in [1.54, 1.807) is 7.11 Å². The fraction of sp³-hybridized carbons (Fsp3) is 1.00. The average molecular weight is 185 g/mol. The van der Waals surface area contributed by atoms with Gasteiger partial charge in [-0.1, -0.05) is 13.8 Å². The van der Waals surface area contributed by atoms with Gasteiger partial charge in [0.15, 0.2) is 0 Å². The predicted octanol–water partition coefficient (Wildman–Crippen LogP) is 2.05. The predicted molar refractivity (Wildman–Crippen MR) is 55.8 cm³/mol. The molecule has 0 bridgehead atoms. The molecule has 0 spiro atoms. The van der Waals surface area contributed by atoms with Crippen molar-refractivity contribution in [2.45, 2.75) is 39.2 Å². The van der Waals surface area contributed by atoms with E-state index in [2.05, 4.69) is 19.2 Å². The summed E-state index contributed by atoms with van der Waals surface area (Å²) in [5, 5.41) is 3.57. The lowest BCUT2D eigenvalue weighted by Gasteiger charge is -2.18. The smallest absolute Gasteiger partial charge is 0.0615 e. The zero-order valence-electron chi connectivity index (χ0n) is 9.18. The minimum Gasteiger partial charge on any atom is -0.383 e. The number of hydrogen-bond donors (Lipinski definition) is 1. The van der Waals surface area contributed by atoms with Gasteiger partial charge in [0.25, 0.3) is 0 Å². The Labute approximate surface area is 82.0 Å². The molecule has 78 valence electrons. The maximum Gasteiger partial charge on any atom is 0.0615 e. The first kappa shape index (κ1) is 11.0. The molecule has 0 radical (unpaired) electrons. The van der Waals surface area contributed by atoms with Crippen LogP contribution in [0.4, 0.5) is 0 Å². The van der Waals surface area contributed by atoms with Crippen LogP contribution in [0, 0.1) is 11.8 Å². The zero-order chi connectivity index (χ0) is 9.68. The second kappa shape index (κ2) is 5.61. The molecule has 1 saturated carbocycles. The second-order valence-electron chi connectivity index (χ2n) is 4.28. The Bertz CT molecular complexity index is 134. The molecule has 2 nitrogen and oxygen atoms in total. The van der Waals surface area contributed by atoms with Gasteiger partial charge in [0.2, 0.25) is 0 Å². The van der Waals surface area contributed by atoms with Gasteiger partial charge in [0, 0.05) is 13.2 Å². The van der Waals surface area contributed by atoms with E-state index in [1.165, 1.54) is 12.8 Å². The summed E-state index contributed by atoms with van der Waals surface area (Å²) in [6.07, 6.45) is 4.05. The van der Waals surface area contributed by atoms with Crippen LogP contribution in [0.3, 0.4) is 0 Å². The minimum atomic E-state index is 0.547. The Morgan fingerprint density at radius 3 is 2.62 bits per heavy atom. The van der Waals surface area contributed by atoms with E-state index in [0.717, 1.165) is 31.4 Å². The summed E-state index contributed by atoms with van der Waals surface area (Å²) in [5.41, 5.74) is 0. The maximum atomic E-state index is 5.14. The molecule has 0 aromatic rings. The van der Waals surface area contributed by atoms with E-state index >= 15 is 0 Å². The quantitative estimate of drug-likeness (QED) is 0.655. The largest absolute Gasteiger partial charge is 0.383 e. The summed E-state index contributed by atoms with van der Waals surface area (Å²) in [6, 6.07) is 0.547. The summed E-state index contributed by atoms with van der Waals surface area (Å²) in [6.45, 7) is 6.56. The van der Waals surface area contributed by atoms with Gasteiger partial charge in [0.05, 0.1) is 6.61 Å². The Morgan fingerprint density at radius 2 is 2.15 bits per heavy atom. The molecule has 1 aliphatic rings. The van der Waals surface area contributed by atoms with Gasteiger partial charge >= 0.3 is 0 Å². The number of nitrogens with one attached hydrogen (secondary N) is 1. The van der Waals surface area contributed by atoms with Crippen molar-refractivity contribution in [3.63, 3.8) is 0 Å². The Balaban J connectivity index is 2.06. The molecule has 1 aliphatic carbocycles. The monoisotopic (exact) mass is 185 g/mol. The van der Waals surface area contributed by atoms with Crippen LogP contribution < -0.4 is 5.32 Å². The van der Waals surface area contributed by atoms with Crippen molar-refractivity contribution in [1.82, 2.24) is 5.32 Å². The molecule has 0 aromatic carbocycles. The van der Waals surface area contributed by atoms with E-state index in [9.17, 15) is 0 Å². The van der Waals surface area contributed by atoms with E-state index < -0.39 is 0 Å². The van der Waals surface area contributed by atoms with Gasteiger partial charge in [-0.2, -0.15) is 0 Å². The Kier molecular flexibility index (Phi) is 4.74. The molecule has 0 heterocycles. The lowest BCUT2D eigenvalue weighted by Crippen LogP contribution is -2.36. The van der Waals surface area contributed by atoms with Crippen LogP contribution in [0.25, 0.3) is 0 Å². The van der Waals surface area contributed by atoms with Crippen LogP contribution in [0.2, 0.25) is 0 Å². The van der Waals surface area contributed by atoms with Crippen LogP contribution >= 0.6 is 0 Å². The van der Waals surface area contributed by atoms with Gasteiger partial charge in [-0.25, -0.2) is 0 Å². The molecular formula is C11H23NO. The highest BCUT2D eigenvalue weighted by Crippen LogP contribution is 2.36. The van der Waals surface area contributed by atoms with Crippen molar-refractivity contribution in [3.05, 3.63) is 0 Å². The third-order valence-electron chi connectivity index (χ3n) is 3.02. The topological polar surface area (TPSA) is 21.3 Å². The van der Waals surface area contributed by atoms with E-state index in [-0.39, 0.29) is 0 Å². The van der Waals surface area contributed by atoms with Gasteiger partial charge in [-0.05, 0) is 37.6 Å². The van der Waals surface area contributed by atoms with E-state index in [0.29, 0.717) is 6.04 Å². The first-order valence-electron chi connectivity index (χ1n) is 5.50. The molecule has 2 atom stereocenters. The molecule has 0 saturated heterocycles. The van der Waals surface area contributed by atoms with Crippen molar-refractivity contribution >= 4 is 0 Å². The van der Waals surface area contributed by atoms with Crippen LogP contribution in [0.15, 0.2) is 0 Å². The van der Waals surface area contributed by atoms with Crippen LogP contribution in [-0.4, -0.2) is 26.3 Å². The fourth-order valence-electron chi connectivity index (χ4n) is 1.71. The van der Waals surface area contributed by atoms with Crippen LogP contribution in [0.1, 0.15) is 33.1 Å². The standard InChI is InChI=1S/C11H23NO/c1-4-11(8-13-3)12-7-9(2)10-5-6-10/h9-12H,4-8H2,1-3H3. The highest BCUT2D eigenvalue weighted by atomic mass is 16.5. The third-order valence-corrected chi connectivity index (χ3v) is 3.02. The first-order valence-corrected chi connectivity index (χ1v) is 5.50. The summed E-state index contributed by atoms with van der Waals surface area (Å²) >= 11 is 0. The molecule has 2 unspecified atom stereocenters. The van der Waals surface area contributed by atoms with Crippen molar-refractivity contribution in [2.75, 3.05) is 20.3 Å². The SMILES string of the molecule is CCC(COC)NCC(C)C1CC1. The molecule has 0 amide bonds. The van der Waals surface area contributed by atoms with Crippen LogP contribution in [0.5, 0.6) is 0 Å². The number of ether oxygens (including phenoxy) is 1. The second-order valence-corrected chi connectivity index (χ2v) is 4.28. The maximum absolute atomic E-state index is 5.14. The van der Waals surface area contributed by atoms with Crippen LogP contribution in [-0.2, 0) is 4.74 Å². The molecule has 1 fully saturated rings. The zero-order valence-corrected chi connectivity index (χ0v) is 9.18. The van der Waals surface area contributed by atoms with E-state index in [4.69, 9.17) is 4.74 Å². The van der Waals surface area contributed by atoms with Crippen molar-refractivity contribution < 1.29 is 4.74 Å². The molecular weight excluding hydrogens is 162 g/mol. The fourth-order valence-corrected chi connectivity index (χ4v) is 1.71. The molecule has 13 heavy (non-hydrogen) atoms. The van der Waals surface area contributed by atoms with Crippen molar-refractivity contribution in [2.24, 2.45) is 11.8 Å².